The van der Waals surface area contributed by atoms with Crippen molar-refractivity contribution in [1.82, 2.24) is 0 Å². The number of hydrogen-bond acceptors (Lipinski definition) is 4. The van der Waals surface area contributed by atoms with E-state index in [1.54, 1.807) is 6.92 Å². The fraction of sp³-hybridized carbons (Fsp3) is 0.381. The minimum atomic E-state index is -1.10. The summed E-state index contributed by atoms with van der Waals surface area (Å²) < 4.78 is 17.1. The number of benzene rings is 2. The molecule has 0 spiro atoms. The molecule has 0 aromatic heterocycles. The maximum atomic E-state index is 12.1. The maximum Gasteiger partial charge on any atom is 0.312 e. The van der Waals surface area contributed by atoms with Gasteiger partial charge >= 0.3 is 5.97 Å². The topological polar surface area (TPSA) is 65.0 Å². The Labute approximate surface area is 153 Å². The lowest BCUT2D eigenvalue weighted by atomic mass is 9.76. The summed E-state index contributed by atoms with van der Waals surface area (Å²) in [6, 6.07) is 19.4. The number of rotatable bonds is 8. The van der Waals surface area contributed by atoms with Crippen LogP contribution in [0.3, 0.4) is 0 Å². The summed E-state index contributed by atoms with van der Waals surface area (Å²) in [5.74, 6) is -0.898. The van der Waals surface area contributed by atoms with E-state index in [0.717, 1.165) is 11.1 Å². The van der Waals surface area contributed by atoms with E-state index in [4.69, 9.17) is 14.2 Å². The fourth-order valence-corrected chi connectivity index (χ4v) is 3.31. The monoisotopic (exact) mass is 356 g/mol. The van der Waals surface area contributed by atoms with Crippen molar-refractivity contribution in [2.45, 2.75) is 32.2 Å². The van der Waals surface area contributed by atoms with Crippen LogP contribution in [0.5, 0.6) is 0 Å². The number of aliphatic carboxylic acids is 1. The number of carboxylic acids is 1. The molecule has 0 saturated carbocycles. The summed E-state index contributed by atoms with van der Waals surface area (Å²) in [6.07, 6.45) is -0.619. The molecule has 26 heavy (non-hydrogen) atoms. The molecule has 3 unspecified atom stereocenters. The second kappa shape index (κ2) is 8.45. The van der Waals surface area contributed by atoms with Gasteiger partial charge in [-0.15, -0.1) is 0 Å². The molecule has 1 fully saturated rings. The normalized spacial score (nSPS) is 22.0. The Morgan fingerprint density at radius 3 is 2.31 bits per heavy atom. The summed E-state index contributed by atoms with van der Waals surface area (Å²) in [4.78, 5) is 12.1. The summed E-state index contributed by atoms with van der Waals surface area (Å²) in [5, 5.41) is 9.90. The van der Waals surface area contributed by atoms with Gasteiger partial charge < -0.3 is 19.3 Å². The highest BCUT2D eigenvalue weighted by atomic mass is 16.7. The van der Waals surface area contributed by atoms with Crippen LogP contribution in [-0.2, 0) is 32.0 Å². The summed E-state index contributed by atoms with van der Waals surface area (Å²) in [7, 11) is 0. The van der Waals surface area contributed by atoms with E-state index in [9.17, 15) is 9.90 Å². The number of ether oxygens (including phenoxy) is 3. The Balaban J connectivity index is 1.66. The van der Waals surface area contributed by atoms with Crippen molar-refractivity contribution in [2.24, 2.45) is 5.41 Å². The molecule has 0 amide bonds. The van der Waals surface area contributed by atoms with Crippen LogP contribution in [0.4, 0.5) is 0 Å². The van der Waals surface area contributed by atoms with Crippen LogP contribution < -0.4 is 0 Å². The van der Waals surface area contributed by atoms with Crippen LogP contribution in [0.2, 0.25) is 0 Å². The van der Waals surface area contributed by atoms with Gasteiger partial charge in [-0.2, -0.15) is 0 Å². The molecule has 3 atom stereocenters. The Morgan fingerprint density at radius 1 is 1.08 bits per heavy atom. The predicted molar refractivity (Wildman–Crippen MR) is 96.6 cm³/mol. The first-order valence-electron chi connectivity index (χ1n) is 8.72. The van der Waals surface area contributed by atoms with Crippen LogP contribution in [0, 0.1) is 5.41 Å². The van der Waals surface area contributed by atoms with Crippen molar-refractivity contribution in [3.63, 3.8) is 0 Å². The van der Waals surface area contributed by atoms with Crippen molar-refractivity contribution in [3.8, 4) is 0 Å². The van der Waals surface area contributed by atoms with Gasteiger partial charge in [-0.3, -0.25) is 4.79 Å². The molecule has 5 heteroatoms. The van der Waals surface area contributed by atoms with Crippen molar-refractivity contribution in [3.05, 3.63) is 71.8 Å². The Bertz CT molecular complexity index is 703. The third kappa shape index (κ3) is 4.30. The summed E-state index contributed by atoms with van der Waals surface area (Å²) in [6.45, 7) is 2.54. The van der Waals surface area contributed by atoms with Gasteiger partial charge in [-0.05, 0) is 24.5 Å². The van der Waals surface area contributed by atoms with Gasteiger partial charge in [-0.25, -0.2) is 0 Å². The second-order valence-corrected chi connectivity index (χ2v) is 6.80. The summed E-state index contributed by atoms with van der Waals surface area (Å²) >= 11 is 0. The third-order valence-corrected chi connectivity index (χ3v) is 4.79. The zero-order valence-corrected chi connectivity index (χ0v) is 14.8. The second-order valence-electron chi connectivity index (χ2n) is 6.80. The van der Waals surface area contributed by atoms with Crippen molar-refractivity contribution in [1.29, 1.82) is 0 Å². The zero-order chi connectivity index (χ0) is 18.4. The zero-order valence-electron chi connectivity index (χ0n) is 14.8. The van der Waals surface area contributed by atoms with Gasteiger partial charge in [0.1, 0.15) is 19.0 Å². The fourth-order valence-electron chi connectivity index (χ4n) is 3.31. The maximum absolute atomic E-state index is 12.1. The van der Waals surface area contributed by atoms with Gasteiger partial charge in [-0.1, -0.05) is 60.7 Å². The van der Waals surface area contributed by atoms with Crippen LogP contribution in [-0.4, -0.2) is 36.7 Å². The molecule has 1 saturated heterocycles. The predicted octanol–water partition coefficient (Wildman–Crippen LogP) is 3.28. The van der Waals surface area contributed by atoms with E-state index >= 15 is 0 Å². The van der Waals surface area contributed by atoms with Gasteiger partial charge in [0, 0.05) is 0 Å². The molecule has 1 aliphatic rings. The summed E-state index contributed by atoms with van der Waals surface area (Å²) in [5.41, 5.74) is 0.920. The van der Waals surface area contributed by atoms with E-state index in [-0.39, 0.29) is 13.4 Å². The van der Waals surface area contributed by atoms with Crippen molar-refractivity contribution < 1.29 is 24.1 Å². The molecule has 1 N–H and O–H groups in total. The first-order chi connectivity index (χ1) is 12.6. The molecule has 0 radical (unpaired) electrons. The highest BCUT2D eigenvalue weighted by molar-refractivity contribution is 5.75. The smallest absolute Gasteiger partial charge is 0.312 e. The molecule has 0 aliphatic carbocycles. The highest BCUT2D eigenvalue weighted by Gasteiger charge is 2.49. The van der Waals surface area contributed by atoms with Crippen LogP contribution in [0.25, 0.3) is 0 Å². The van der Waals surface area contributed by atoms with E-state index in [0.29, 0.717) is 13.0 Å². The molecule has 5 nitrogen and oxygen atoms in total. The van der Waals surface area contributed by atoms with Gasteiger partial charge in [0.05, 0.1) is 18.6 Å². The van der Waals surface area contributed by atoms with Crippen LogP contribution in [0.15, 0.2) is 60.7 Å². The standard InChI is InChI=1S/C21H24O5/c1-21(20(22)23,12-16-8-4-2-5-9-16)19-18(25-15-26-19)14-24-13-17-10-6-3-7-11-17/h2-11,18-19H,12-15H2,1H3,(H,22,23). The van der Waals surface area contributed by atoms with Crippen LogP contribution in [0.1, 0.15) is 18.1 Å². The van der Waals surface area contributed by atoms with Gasteiger partial charge in [0.25, 0.3) is 0 Å². The lowest BCUT2D eigenvalue weighted by molar-refractivity contribution is -0.157. The number of carbonyl (C=O) groups is 1. The number of carboxylic acid groups (broad SMARTS) is 1. The quantitative estimate of drug-likeness (QED) is 0.786. The molecule has 1 heterocycles. The largest absolute Gasteiger partial charge is 0.481 e. The van der Waals surface area contributed by atoms with Crippen molar-refractivity contribution in [2.75, 3.05) is 13.4 Å². The first-order valence-corrected chi connectivity index (χ1v) is 8.72. The molecule has 2 aromatic carbocycles. The SMILES string of the molecule is CC(Cc1ccccc1)(C(=O)O)C1OCOC1COCc1ccccc1. The molecule has 138 valence electrons. The van der Waals surface area contributed by atoms with Gasteiger partial charge in [0.15, 0.2) is 0 Å². The van der Waals surface area contributed by atoms with Gasteiger partial charge in [0.2, 0.25) is 0 Å². The Hall–Kier alpha value is -2.21. The Morgan fingerprint density at radius 2 is 1.69 bits per heavy atom. The van der Waals surface area contributed by atoms with E-state index < -0.39 is 23.6 Å². The van der Waals surface area contributed by atoms with E-state index in [1.807, 2.05) is 60.7 Å². The molecule has 3 rings (SSSR count). The lowest BCUT2D eigenvalue weighted by Crippen LogP contribution is -2.48. The van der Waals surface area contributed by atoms with E-state index in [1.165, 1.54) is 0 Å². The first kappa shape index (κ1) is 18.6. The molecule has 2 aromatic rings. The lowest BCUT2D eigenvalue weighted by Gasteiger charge is -2.33. The minimum Gasteiger partial charge on any atom is -0.481 e. The molecular weight excluding hydrogens is 332 g/mol. The molecular formula is C21H24O5. The van der Waals surface area contributed by atoms with E-state index in [2.05, 4.69) is 0 Å². The molecule has 1 aliphatic heterocycles. The molecule has 0 bridgehead atoms. The minimum absolute atomic E-state index is 0.0850. The van der Waals surface area contributed by atoms with Crippen LogP contribution >= 0.6 is 0 Å². The Kier molecular flexibility index (Phi) is 6.04. The number of hydrogen-bond donors (Lipinski definition) is 1. The third-order valence-electron chi connectivity index (χ3n) is 4.79. The highest BCUT2D eigenvalue weighted by Crippen LogP contribution is 2.35. The average molecular weight is 356 g/mol. The van der Waals surface area contributed by atoms with Crippen molar-refractivity contribution >= 4 is 5.97 Å². The average Bonchev–Trinajstić information content (AvgIpc) is 3.12.